The first-order valence-corrected chi connectivity index (χ1v) is 4.28. The van der Waals surface area contributed by atoms with Gasteiger partial charge in [-0.25, -0.2) is 0 Å². The lowest BCUT2D eigenvalue weighted by Crippen LogP contribution is -2.53. The van der Waals surface area contributed by atoms with E-state index in [-0.39, 0.29) is 5.91 Å². The van der Waals surface area contributed by atoms with Gasteiger partial charge in [-0.05, 0) is 20.4 Å². The first-order chi connectivity index (χ1) is 5.54. The van der Waals surface area contributed by atoms with E-state index in [0.29, 0.717) is 13.1 Å². The number of likely N-dealkylation sites (N-methyl/N-ethyl adjacent to an activating group) is 1. The molecular weight excluding hydrogens is 154 g/mol. The SMILES string of the molecule is CCNC(C)(C)C(=O)NCCN. The van der Waals surface area contributed by atoms with Crippen LogP contribution >= 0.6 is 0 Å². The quantitative estimate of drug-likeness (QED) is 0.522. The molecule has 0 aromatic heterocycles. The van der Waals surface area contributed by atoms with Gasteiger partial charge in [-0.1, -0.05) is 6.92 Å². The maximum Gasteiger partial charge on any atom is 0.239 e. The van der Waals surface area contributed by atoms with Crippen LogP contribution in [-0.2, 0) is 4.79 Å². The first kappa shape index (κ1) is 11.4. The third-order valence-corrected chi connectivity index (χ3v) is 1.62. The molecule has 0 aromatic carbocycles. The zero-order chi connectivity index (χ0) is 9.61. The van der Waals surface area contributed by atoms with E-state index in [2.05, 4.69) is 10.6 Å². The van der Waals surface area contributed by atoms with Crippen LogP contribution < -0.4 is 16.4 Å². The summed E-state index contributed by atoms with van der Waals surface area (Å²) in [7, 11) is 0. The molecule has 0 aliphatic rings. The van der Waals surface area contributed by atoms with Crippen molar-refractivity contribution in [1.29, 1.82) is 0 Å². The van der Waals surface area contributed by atoms with Gasteiger partial charge in [-0.15, -0.1) is 0 Å². The largest absolute Gasteiger partial charge is 0.353 e. The fourth-order valence-electron chi connectivity index (χ4n) is 0.929. The summed E-state index contributed by atoms with van der Waals surface area (Å²) < 4.78 is 0. The van der Waals surface area contributed by atoms with Crippen molar-refractivity contribution in [3.8, 4) is 0 Å². The summed E-state index contributed by atoms with van der Waals surface area (Å²) in [5.74, 6) is -0.00481. The molecular formula is C8H19N3O. The highest BCUT2D eigenvalue weighted by molar-refractivity contribution is 5.85. The van der Waals surface area contributed by atoms with Crippen LogP contribution in [-0.4, -0.2) is 31.1 Å². The summed E-state index contributed by atoms with van der Waals surface area (Å²) in [5.41, 5.74) is 4.76. The highest BCUT2D eigenvalue weighted by Gasteiger charge is 2.25. The number of nitrogens with two attached hydrogens (primary N) is 1. The van der Waals surface area contributed by atoms with E-state index in [1.54, 1.807) is 0 Å². The molecule has 0 unspecified atom stereocenters. The number of carbonyl (C=O) groups is 1. The zero-order valence-corrected chi connectivity index (χ0v) is 8.11. The van der Waals surface area contributed by atoms with Gasteiger partial charge in [0.15, 0.2) is 0 Å². The summed E-state index contributed by atoms with van der Waals surface area (Å²) >= 11 is 0. The molecule has 0 aromatic rings. The van der Waals surface area contributed by atoms with E-state index >= 15 is 0 Å². The summed E-state index contributed by atoms with van der Waals surface area (Å²) in [5, 5.41) is 5.81. The van der Waals surface area contributed by atoms with E-state index in [1.165, 1.54) is 0 Å². The molecule has 0 radical (unpaired) electrons. The second-order valence-electron chi connectivity index (χ2n) is 3.20. The van der Waals surface area contributed by atoms with Crippen LogP contribution in [0.5, 0.6) is 0 Å². The Morgan fingerprint density at radius 3 is 2.50 bits per heavy atom. The Labute approximate surface area is 73.9 Å². The van der Waals surface area contributed by atoms with Crippen molar-refractivity contribution in [3.05, 3.63) is 0 Å². The minimum absolute atomic E-state index is 0.00481. The number of rotatable bonds is 5. The third kappa shape index (κ3) is 3.69. The average Bonchev–Trinajstić information content (AvgIpc) is 2.00. The number of hydrogen-bond acceptors (Lipinski definition) is 3. The van der Waals surface area contributed by atoms with Crippen LogP contribution in [0, 0.1) is 0 Å². The van der Waals surface area contributed by atoms with E-state index in [4.69, 9.17) is 5.73 Å². The maximum absolute atomic E-state index is 11.4. The standard InChI is InChI=1S/C8H19N3O/c1-4-11-8(2,3)7(12)10-6-5-9/h11H,4-6,9H2,1-3H3,(H,10,12). The van der Waals surface area contributed by atoms with Crippen LogP contribution in [0.15, 0.2) is 0 Å². The summed E-state index contributed by atoms with van der Waals surface area (Å²) in [6.45, 7) is 7.47. The van der Waals surface area contributed by atoms with Crippen LogP contribution in [0.25, 0.3) is 0 Å². The summed E-state index contributed by atoms with van der Waals surface area (Å²) in [6.07, 6.45) is 0. The number of nitrogens with one attached hydrogen (secondary N) is 2. The van der Waals surface area contributed by atoms with Crippen LogP contribution in [0.4, 0.5) is 0 Å². The van der Waals surface area contributed by atoms with Gasteiger partial charge in [0.2, 0.25) is 5.91 Å². The Balaban J connectivity index is 3.88. The Kier molecular flexibility index (Phi) is 4.85. The first-order valence-electron chi connectivity index (χ1n) is 4.28. The fraction of sp³-hybridized carbons (Fsp3) is 0.875. The minimum atomic E-state index is -0.496. The van der Waals surface area contributed by atoms with Gasteiger partial charge in [0.05, 0.1) is 5.54 Å². The predicted molar refractivity (Wildman–Crippen MR) is 49.8 cm³/mol. The average molecular weight is 173 g/mol. The molecule has 0 saturated heterocycles. The van der Waals surface area contributed by atoms with Crippen LogP contribution in [0.1, 0.15) is 20.8 Å². The lowest BCUT2D eigenvalue weighted by atomic mass is 10.0. The predicted octanol–water partition coefficient (Wildman–Crippen LogP) is -0.551. The molecule has 0 saturated carbocycles. The highest BCUT2D eigenvalue weighted by Crippen LogP contribution is 2.00. The van der Waals surface area contributed by atoms with Crippen molar-refractivity contribution < 1.29 is 4.79 Å². The molecule has 4 heteroatoms. The molecule has 72 valence electrons. The van der Waals surface area contributed by atoms with Crippen LogP contribution in [0.2, 0.25) is 0 Å². The third-order valence-electron chi connectivity index (χ3n) is 1.62. The lowest BCUT2D eigenvalue weighted by Gasteiger charge is -2.24. The molecule has 0 heterocycles. The van der Waals surface area contributed by atoms with Gasteiger partial charge in [-0.3, -0.25) is 4.79 Å². The van der Waals surface area contributed by atoms with Crippen molar-refractivity contribution in [2.24, 2.45) is 5.73 Å². The molecule has 0 rings (SSSR count). The van der Waals surface area contributed by atoms with Crippen molar-refractivity contribution >= 4 is 5.91 Å². The molecule has 0 fully saturated rings. The molecule has 0 bridgehead atoms. The van der Waals surface area contributed by atoms with Gasteiger partial charge in [-0.2, -0.15) is 0 Å². The zero-order valence-electron chi connectivity index (χ0n) is 8.11. The highest BCUT2D eigenvalue weighted by atomic mass is 16.2. The summed E-state index contributed by atoms with van der Waals surface area (Å²) in [4.78, 5) is 11.4. The fourth-order valence-corrected chi connectivity index (χ4v) is 0.929. The molecule has 1 amide bonds. The number of hydrogen-bond donors (Lipinski definition) is 3. The van der Waals surface area contributed by atoms with Gasteiger partial charge < -0.3 is 16.4 Å². The lowest BCUT2D eigenvalue weighted by molar-refractivity contribution is -0.126. The van der Waals surface area contributed by atoms with Gasteiger partial charge >= 0.3 is 0 Å². The molecule has 0 spiro atoms. The Morgan fingerprint density at radius 1 is 1.50 bits per heavy atom. The van der Waals surface area contributed by atoms with E-state index in [1.807, 2.05) is 20.8 Å². The number of carbonyl (C=O) groups excluding carboxylic acids is 1. The van der Waals surface area contributed by atoms with Crippen molar-refractivity contribution in [3.63, 3.8) is 0 Å². The Morgan fingerprint density at radius 2 is 2.08 bits per heavy atom. The molecule has 0 atom stereocenters. The molecule has 0 aliphatic carbocycles. The van der Waals surface area contributed by atoms with Crippen LogP contribution in [0.3, 0.4) is 0 Å². The maximum atomic E-state index is 11.4. The van der Waals surface area contributed by atoms with Crippen molar-refractivity contribution in [1.82, 2.24) is 10.6 Å². The smallest absolute Gasteiger partial charge is 0.239 e. The molecule has 4 nitrogen and oxygen atoms in total. The number of amides is 1. The molecule has 12 heavy (non-hydrogen) atoms. The van der Waals surface area contributed by atoms with Gasteiger partial charge in [0, 0.05) is 13.1 Å². The van der Waals surface area contributed by atoms with E-state index in [0.717, 1.165) is 6.54 Å². The summed E-state index contributed by atoms with van der Waals surface area (Å²) in [6, 6.07) is 0. The van der Waals surface area contributed by atoms with Gasteiger partial charge in [0.1, 0.15) is 0 Å². The second kappa shape index (κ2) is 5.11. The molecule has 0 aliphatic heterocycles. The topological polar surface area (TPSA) is 67.2 Å². The normalized spacial score (nSPS) is 11.3. The Bertz CT molecular complexity index is 145. The monoisotopic (exact) mass is 173 g/mol. The van der Waals surface area contributed by atoms with Crippen molar-refractivity contribution in [2.45, 2.75) is 26.3 Å². The Hall–Kier alpha value is -0.610. The van der Waals surface area contributed by atoms with Crippen molar-refractivity contribution in [2.75, 3.05) is 19.6 Å². The minimum Gasteiger partial charge on any atom is -0.353 e. The molecule has 4 N–H and O–H groups in total. The van der Waals surface area contributed by atoms with Gasteiger partial charge in [0.25, 0.3) is 0 Å². The van der Waals surface area contributed by atoms with E-state index in [9.17, 15) is 4.79 Å². The second-order valence-corrected chi connectivity index (χ2v) is 3.20. The van der Waals surface area contributed by atoms with E-state index < -0.39 is 5.54 Å².